The fourth-order valence-electron chi connectivity index (χ4n) is 4.49. The Morgan fingerprint density at radius 2 is 1.56 bits per heavy atom. The first-order valence-electron chi connectivity index (χ1n) is 12.2. The number of nitrogens with zero attached hydrogens (tertiary/aromatic N) is 6. The van der Waals surface area contributed by atoms with E-state index < -0.39 is 0 Å². The summed E-state index contributed by atoms with van der Waals surface area (Å²) >= 11 is 0. The lowest BCUT2D eigenvalue weighted by Crippen LogP contribution is -2.53. The molecular weight excluding hydrogens is 450 g/mol. The first kappa shape index (κ1) is 23.8. The van der Waals surface area contributed by atoms with E-state index in [9.17, 15) is 0 Å². The van der Waals surface area contributed by atoms with Crippen LogP contribution < -0.4 is 16.0 Å². The minimum absolute atomic E-state index is 0.507. The molecule has 36 heavy (non-hydrogen) atoms. The number of hydrogen-bond donors (Lipinski definition) is 3. The number of aryl methyl sites for hydroxylation is 1. The maximum atomic E-state index is 4.59. The molecule has 5 rings (SSSR count). The van der Waals surface area contributed by atoms with Crippen molar-refractivity contribution in [3.8, 4) is 11.5 Å². The number of hydrogen-bond acceptors (Lipinski definition) is 9. The number of piperazine rings is 1. The second-order valence-electron chi connectivity index (χ2n) is 9.30. The zero-order chi connectivity index (χ0) is 24.9. The van der Waals surface area contributed by atoms with Crippen LogP contribution >= 0.6 is 0 Å². The van der Waals surface area contributed by atoms with Gasteiger partial charge < -0.3 is 16.0 Å². The first-order chi connectivity index (χ1) is 17.5. The molecule has 0 aliphatic carbocycles. The molecule has 1 aromatic carbocycles. The summed E-state index contributed by atoms with van der Waals surface area (Å²) in [5, 5.41) is 10.1. The largest absolute Gasteiger partial charge is 0.325 e. The number of aromatic nitrogens is 5. The number of anilines is 4. The number of nitrogens with one attached hydrogen (secondary N) is 3. The van der Waals surface area contributed by atoms with Crippen molar-refractivity contribution in [3.05, 3.63) is 78.2 Å². The molecule has 1 aliphatic heterocycles. The second kappa shape index (κ2) is 10.8. The minimum atomic E-state index is 0.507. The summed E-state index contributed by atoms with van der Waals surface area (Å²) in [7, 11) is 0. The number of rotatable bonds is 7. The molecule has 4 aromatic rings. The summed E-state index contributed by atoms with van der Waals surface area (Å²) in [5.41, 5.74) is 3.88. The summed E-state index contributed by atoms with van der Waals surface area (Å²) < 4.78 is 0. The van der Waals surface area contributed by atoms with Crippen LogP contribution in [0.15, 0.2) is 67.0 Å². The third kappa shape index (κ3) is 6.18. The smallest absolute Gasteiger partial charge is 0.229 e. The van der Waals surface area contributed by atoms with Crippen LogP contribution in [0.2, 0.25) is 0 Å². The summed E-state index contributed by atoms with van der Waals surface area (Å²) in [4.78, 5) is 24.9. The summed E-state index contributed by atoms with van der Waals surface area (Å²) in [5.74, 6) is 2.33. The monoisotopic (exact) mass is 481 g/mol. The molecular formula is C27H31N9. The highest BCUT2D eigenvalue weighted by atomic mass is 15.2. The first-order valence-corrected chi connectivity index (χ1v) is 12.2. The highest BCUT2D eigenvalue weighted by Gasteiger charge is 2.20. The summed E-state index contributed by atoms with van der Waals surface area (Å²) in [6.07, 6.45) is 3.42. The van der Waals surface area contributed by atoms with E-state index in [0.717, 1.165) is 36.7 Å². The lowest BCUT2D eigenvalue weighted by atomic mass is 10.1. The average Bonchev–Trinajstić information content (AvgIpc) is 2.85. The zero-order valence-corrected chi connectivity index (χ0v) is 20.8. The van der Waals surface area contributed by atoms with E-state index >= 15 is 0 Å². The molecule has 184 valence electrons. The van der Waals surface area contributed by atoms with Gasteiger partial charge in [0.15, 0.2) is 5.82 Å². The molecule has 9 heteroatoms. The van der Waals surface area contributed by atoms with E-state index in [1.165, 1.54) is 5.56 Å². The van der Waals surface area contributed by atoms with Crippen LogP contribution in [0.25, 0.3) is 11.5 Å². The molecule has 0 bridgehead atoms. The molecule has 1 aliphatic rings. The van der Waals surface area contributed by atoms with Gasteiger partial charge in [0.05, 0.1) is 0 Å². The molecule has 9 nitrogen and oxygen atoms in total. The lowest BCUT2D eigenvalue weighted by Gasteiger charge is -2.36. The third-order valence-corrected chi connectivity index (χ3v) is 5.93. The Hall–Kier alpha value is -3.95. The predicted molar refractivity (Wildman–Crippen MR) is 142 cm³/mol. The third-order valence-electron chi connectivity index (χ3n) is 5.93. The molecule has 0 unspecified atom stereocenters. The SMILES string of the molecule is Cc1cccc(-c2nccc(Nc3ccnc(Nc4ccc(CN5C[C@@H](C)N[C@@H](C)C5)cc4)n3)n2)n1. The van der Waals surface area contributed by atoms with Crippen LogP contribution in [0.1, 0.15) is 25.1 Å². The van der Waals surface area contributed by atoms with Gasteiger partial charge in [-0.25, -0.2) is 19.9 Å². The van der Waals surface area contributed by atoms with Crippen molar-refractivity contribution in [1.82, 2.24) is 35.1 Å². The maximum Gasteiger partial charge on any atom is 0.229 e. The number of pyridine rings is 1. The van der Waals surface area contributed by atoms with Gasteiger partial charge in [-0.05, 0) is 62.7 Å². The standard InChI is InChI=1S/C27H31N9/c1-18-5-4-6-23(31-18)26-28-13-11-24(34-26)33-25-12-14-29-27(35-25)32-22-9-7-21(8-10-22)17-36-15-19(2)30-20(3)16-36/h4-14,19-20,30H,15-17H2,1-3H3,(H2,28,29,32,33,34,35)/t19-,20+. The van der Waals surface area contributed by atoms with Crippen LogP contribution in [-0.4, -0.2) is 55.0 Å². The Labute approximate surface area is 211 Å². The van der Waals surface area contributed by atoms with Crippen LogP contribution in [0, 0.1) is 6.92 Å². The molecule has 1 fully saturated rings. The normalized spacial score (nSPS) is 18.1. The van der Waals surface area contributed by atoms with Gasteiger partial charge in [0.2, 0.25) is 5.95 Å². The van der Waals surface area contributed by atoms with E-state index in [2.05, 4.69) is 83.9 Å². The van der Waals surface area contributed by atoms with Gasteiger partial charge in [0.25, 0.3) is 0 Å². The highest BCUT2D eigenvalue weighted by Crippen LogP contribution is 2.20. The molecule has 3 aromatic heterocycles. The highest BCUT2D eigenvalue weighted by molar-refractivity contribution is 5.59. The van der Waals surface area contributed by atoms with E-state index in [4.69, 9.17) is 0 Å². The Kier molecular flexibility index (Phi) is 7.11. The van der Waals surface area contributed by atoms with Crippen LogP contribution in [-0.2, 0) is 6.54 Å². The van der Waals surface area contributed by atoms with Crippen molar-refractivity contribution < 1.29 is 0 Å². The van der Waals surface area contributed by atoms with Crippen molar-refractivity contribution in [2.24, 2.45) is 0 Å². The summed E-state index contributed by atoms with van der Waals surface area (Å²) in [6.45, 7) is 9.50. The van der Waals surface area contributed by atoms with Gasteiger partial charge >= 0.3 is 0 Å². The molecule has 0 radical (unpaired) electrons. The molecule has 3 N–H and O–H groups in total. The average molecular weight is 482 g/mol. The number of benzene rings is 1. The lowest BCUT2D eigenvalue weighted by molar-refractivity contribution is 0.166. The predicted octanol–water partition coefficient (Wildman–Crippen LogP) is 4.31. The molecule has 2 atom stereocenters. The zero-order valence-electron chi connectivity index (χ0n) is 20.8. The van der Waals surface area contributed by atoms with Gasteiger partial charge in [-0.2, -0.15) is 4.98 Å². The van der Waals surface area contributed by atoms with Crippen LogP contribution in [0.3, 0.4) is 0 Å². The molecule has 0 amide bonds. The van der Waals surface area contributed by atoms with Crippen LogP contribution in [0.5, 0.6) is 0 Å². The summed E-state index contributed by atoms with van der Waals surface area (Å²) in [6, 6.07) is 18.9. The molecule has 4 heterocycles. The van der Waals surface area contributed by atoms with E-state index in [1.54, 1.807) is 24.5 Å². The minimum Gasteiger partial charge on any atom is -0.325 e. The Bertz CT molecular complexity index is 1300. The topological polar surface area (TPSA) is 104 Å². The van der Waals surface area contributed by atoms with E-state index in [1.807, 2.05) is 25.1 Å². The molecule has 0 spiro atoms. The van der Waals surface area contributed by atoms with Crippen molar-refractivity contribution in [1.29, 1.82) is 0 Å². The van der Waals surface area contributed by atoms with Crippen molar-refractivity contribution in [3.63, 3.8) is 0 Å². The second-order valence-corrected chi connectivity index (χ2v) is 9.30. The fraction of sp³-hybridized carbons (Fsp3) is 0.296. The molecule has 0 saturated carbocycles. The maximum absolute atomic E-state index is 4.59. The Balaban J connectivity index is 1.22. The molecule has 1 saturated heterocycles. The van der Waals surface area contributed by atoms with E-state index in [-0.39, 0.29) is 0 Å². The van der Waals surface area contributed by atoms with Gasteiger partial charge in [0.1, 0.15) is 17.3 Å². The van der Waals surface area contributed by atoms with Crippen LogP contribution in [0.4, 0.5) is 23.3 Å². The van der Waals surface area contributed by atoms with Gasteiger partial charge in [-0.15, -0.1) is 0 Å². The van der Waals surface area contributed by atoms with Crippen molar-refractivity contribution in [2.75, 3.05) is 23.7 Å². The van der Waals surface area contributed by atoms with Gasteiger partial charge in [-0.1, -0.05) is 18.2 Å². The Morgan fingerprint density at radius 1 is 0.833 bits per heavy atom. The van der Waals surface area contributed by atoms with Crippen molar-refractivity contribution in [2.45, 2.75) is 39.4 Å². The van der Waals surface area contributed by atoms with Gasteiger partial charge in [-0.3, -0.25) is 4.90 Å². The quantitative estimate of drug-likeness (QED) is 0.356. The van der Waals surface area contributed by atoms with Gasteiger partial charge in [0, 0.05) is 55.5 Å². The van der Waals surface area contributed by atoms with Crippen molar-refractivity contribution >= 4 is 23.3 Å². The van der Waals surface area contributed by atoms with E-state index in [0.29, 0.717) is 35.5 Å². The Morgan fingerprint density at radius 3 is 2.31 bits per heavy atom. The fourth-order valence-corrected chi connectivity index (χ4v) is 4.49.